The molecule has 106 valence electrons. The van der Waals surface area contributed by atoms with Gasteiger partial charge in [-0.25, -0.2) is 0 Å². The van der Waals surface area contributed by atoms with Gasteiger partial charge in [-0.1, -0.05) is 67.6 Å². The van der Waals surface area contributed by atoms with E-state index in [0.717, 1.165) is 6.42 Å². The molecule has 0 N–H and O–H groups in total. The Labute approximate surface area is 132 Å². The molecule has 0 heterocycles. The first-order chi connectivity index (χ1) is 9.19. The monoisotopic (exact) mass is 356 g/mol. The van der Waals surface area contributed by atoms with E-state index in [0.29, 0.717) is 12.7 Å². The molecule has 1 atom stereocenters. The summed E-state index contributed by atoms with van der Waals surface area (Å²) in [7, 11) is 12.4. The van der Waals surface area contributed by atoms with Crippen molar-refractivity contribution in [2.45, 2.75) is 18.5 Å². The van der Waals surface area contributed by atoms with Gasteiger partial charge < -0.3 is 0 Å². The van der Waals surface area contributed by atoms with Crippen LogP contribution in [-0.4, -0.2) is 0 Å². The summed E-state index contributed by atoms with van der Waals surface area (Å²) in [6.07, 6.45) is 1.08. The molecule has 0 radical (unpaired) electrons. The molecule has 0 aliphatic carbocycles. The molecule has 4 heteroatoms. The van der Waals surface area contributed by atoms with Gasteiger partial charge in [0.2, 0.25) is 0 Å². The van der Waals surface area contributed by atoms with Crippen molar-refractivity contribution in [3.05, 3.63) is 71.8 Å². The SMILES string of the molecule is CCC(P)(c1ccccc1)c1ccccc1.[Cl][Ni][Cl]. The molecule has 1 unspecified atom stereocenters. The van der Waals surface area contributed by atoms with E-state index in [4.69, 9.17) is 20.4 Å². The summed E-state index contributed by atoms with van der Waals surface area (Å²) in [6.45, 7) is 2.23. The van der Waals surface area contributed by atoms with E-state index in [1.54, 1.807) is 0 Å². The van der Waals surface area contributed by atoms with Gasteiger partial charge in [0.05, 0.1) is 0 Å². The Bertz CT molecular complexity index is 423. The van der Waals surface area contributed by atoms with Crippen LogP contribution in [0.4, 0.5) is 0 Å². The minimum absolute atomic E-state index is 0.0442. The van der Waals surface area contributed by atoms with Gasteiger partial charge in [0.25, 0.3) is 0 Å². The quantitative estimate of drug-likeness (QED) is 0.496. The Morgan fingerprint density at radius 1 is 0.895 bits per heavy atom. The number of hydrogen-bond acceptors (Lipinski definition) is 0. The Balaban J connectivity index is 0.000000550. The van der Waals surface area contributed by atoms with E-state index in [1.807, 2.05) is 0 Å². The van der Waals surface area contributed by atoms with E-state index < -0.39 is 0 Å². The fraction of sp³-hybridized carbons (Fsp3) is 0.200. The number of rotatable bonds is 3. The van der Waals surface area contributed by atoms with E-state index >= 15 is 0 Å². The van der Waals surface area contributed by atoms with Crippen molar-refractivity contribution < 1.29 is 12.7 Å². The van der Waals surface area contributed by atoms with Crippen LogP contribution in [0.2, 0.25) is 0 Å². The minimum atomic E-state index is 0.0442. The van der Waals surface area contributed by atoms with Crippen LogP contribution in [0.1, 0.15) is 24.5 Å². The topological polar surface area (TPSA) is 0 Å². The van der Waals surface area contributed by atoms with Crippen LogP contribution in [0.15, 0.2) is 60.7 Å². The van der Waals surface area contributed by atoms with Crippen molar-refractivity contribution in [2.75, 3.05) is 0 Å². The molecule has 0 aliphatic heterocycles. The first-order valence-corrected chi connectivity index (χ1v) is 9.20. The molecule has 0 amide bonds. The van der Waals surface area contributed by atoms with Crippen molar-refractivity contribution in [3.63, 3.8) is 0 Å². The van der Waals surface area contributed by atoms with Gasteiger partial charge in [0.15, 0.2) is 0 Å². The second kappa shape index (κ2) is 8.99. The number of benzene rings is 2. The van der Waals surface area contributed by atoms with Crippen molar-refractivity contribution >= 4 is 29.6 Å². The Morgan fingerprint density at radius 3 is 1.47 bits per heavy atom. The summed E-state index contributed by atoms with van der Waals surface area (Å²) in [4.78, 5) is 0. The van der Waals surface area contributed by atoms with Gasteiger partial charge in [-0.3, -0.25) is 0 Å². The van der Waals surface area contributed by atoms with Gasteiger partial charge in [-0.2, -0.15) is 0 Å². The average Bonchev–Trinajstić information content (AvgIpc) is 2.49. The second-order valence-corrected chi connectivity index (χ2v) is 6.72. The molecular formula is C15H17Cl2NiP. The normalized spacial score (nSPS) is 10.7. The predicted molar refractivity (Wildman–Crippen MR) is 85.4 cm³/mol. The zero-order valence-electron chi connectivity index (χ0n) is 10.6. The van der Waals surface area contributed by atoms with E-state index in [9.17, 15) is 0 Å². The van der Waals surface area contributed by atoms with E-state index in [1.165, 1.54) is 11.1 Å². The third-order valence-corrected chi connectivity index (χ3v) is 4.21. The molecule has 0 nitrogen and oxygen atoms in total. The van der Waals surface area contributed by atoms with Crippen LogP contribution in [0.25, 0.3) is 0 Å². The van der Waals surface area contributed by atoms with Crippen LogP contribution in [0.5, 0.6) is 0 Å². The molecule has 0 saturated heterocycles. The molecule has 2 rings (SSSR count). The molecular weight excluding hydrogens is 341 g/mol. The van der Waals surface area contributed by atoms with Crippen molar-refractivity contribution in [3.8, 4) is 0 Å². The van der Waals surface area contributed by atoms with Crippen molar-refractivity contribution in [2.24, 2.45) is 0 Å². The molecule has 0 aromatic heterocycles. The second-order valence-electron chi connectivity index (χ2n) is 4.10. The molecule has 0 fully saturated rings. The van der Waals surface area contributed by atoms with Gasteiger partial charge in [-0.15, -0.1) is 9.24 Å². The van der Waals surface area contributed by atoms with Gasteiger partial charge in [0, 0.05) is 5.16 Å². The summed E-state index contributed by atoms with van der Waals surface area (Å²) in [5.74, 6) is 0. The van der Waals surface area contributed by atoms with Gasteiger partial charge >= 0.3 is 33.0 Å². The number of hydrogen-bond donors (Lipinski definition) is 0. The van der Waals surface area contributed by atoms with Crippen molar-refractivity contribution in [1.82, 2.24) is 0 Å². The maximum atomic E-state index is 4.70. The third-order valence-electron chi connectivity index (χ3n) is 3.14. The fourth-order valence-electron chi connectivity index (χ4n) is 2.05. The molecule has 2 aromatic carbocycles. The summed E-state index contributed by atoms with van der Waals surface area (Å²) < 4.78 is 0. The maximum absolute atomic E-state index is 4.70. The van der Waals surface area contributed by atoms with Gasteiger partial charge in [0.1, 0.15) is 0 Å². The van der Waals surface area contributed by atoms with Crippen LogP contribution >= 0.6 is 29.6 Å². The Morgan fingerprint density at radius 2 is 1.21 bits per heavy atom. The van der Waals surface area contributed by atoms with Crippen LogP contribution < -0.4 is 0 Å². The van der Waals surface area contributed by atoms with Crippen LogP contribution in [-0.2, 0) is 17.8 Å². The Kier molecular flexibility index (Phi) is 8.04. The molecule has 0 aliphatic rings. The van der Waals surface area contributed by atoms with Crippen molar-refractivity contribution in [1.29, 1.82) is 0 Å². The first kappa shape index (κ1) is 17.0. The molecule has 0 bridgehead atoms. The molecule has 0 spiro atoms. The standard InChI is InChI=1S/C15H17P.2ClH.Ni/c1-2-15(16,13-9-5-3-6-10-13)14-11-7-4-8-12-14;;;/h3-12H,2,16H2,1H3;2*1H;/q;;;+2/p-2. The van der Waals surface area contributed by atoms with E-state index in [-0.39, 0.29) is 5.16 Å². The average molecular weight is 358 g/mol. The zero-order valence-corrected chi connectivity index (χ0v) is 14.3. The molecule has 19 heavy (non-hydrogen) atoms. The van der Waals surface area contributed by atoms with Gasteiger partial charge in [-0.05, 0) is 17.5 Å². The predicted octanol–water partition coefficient (Wildman–Crippen LogP) is 5.59. The third kappa shape index (κ3) is 4.76. The molecule has 2 aromatic rings. The van der Waals surface area contributed by atoms with E-state index in [2.05, 4.69) is 76.8 Å². The first-order valence-electron chi connectivity index (χ1n) is 5.91. The summed E-state index contributed by atoms with van der Waals surface area (Å²) >= 11 is 0.569. The summed E-state index contributed by atoms with van der Waals surface area (Å²) in [6, 6.07) is 21.3. The molecule has 0 saturated carbocycles. The number of halogens is 2. The van der Waals surface area contributed by atoms with Crippen LogP contribution in [0, 0.1) is 0 Å². The summed E-state index contributed by atoms with van der Waals surface area (Å²) in [5, 5.41) is 0.0442. The fourth-order valence-corrected chi connectivity index (χ4v) is 2.43. The Hall–Kier alpha value is -0.0565. The van der Waals surface area contributed by atoms with Crippen LogP contribution in [0.3, 0.4) is 0 Å². The zero-order chi connectivity index (χ0) is 14.1. The summed E-state index contributed by atoms with van der Waals surface area (Å²) in [5.41, 5.74) is 2.71.